The lowest BCUT2D eigenvalue weighted by Gasteiger charge is -2.28. The van der Waals surface area contributed by atoms with Crippen molar-refractivity contribution in [3.8, 4) is 11.1 Å². The number of nitrogens with zero attached hydrogens (tertiary/aromatic N) is 1. The average Bonchev–Trinajstić information content (AvgIpc) is 3.93. The van der Waals surface area contributed by atoms with E-state index in [0.29, 0.717) is 0 Å². The Labute approximate surface area is 367 Å². The number of hydrogen-bond acceptors (Lipinski definition) is 3. The van der Waals surface area contributed by atoms with Crippen LogP contribution in [0.2, 0.25) is 0 Å². The lowest BCUT2D eigenvalue weighted by molar-refractivity contribution is 0.669. The fourth-order valence-electron chi connectivity index (χ4n) is 10.1. The van der Waals surface area contributed by atoms with Gasteiger partial charge in [0.15, 0.2) is 5.58 Å². The molecule has 0 amide bonds. The molecule has 0 bridgehead atoms. The van der Waals surface area contributed by atoms with E-state index in [4.69, 9.17) is 4.42 Å². The Kier molecular flexibility index (Phi) is 8.12. The van der Waals surface area contributed by atoms with Crippen LogP contribution >= 0.6 is 11.3 Å². The van der Waals surface area contributed by atoms with Crippen LogP contribution in [0.25, 0.3) is 107 Å². The van der Waals surface area contributed by atoms with Crippen molar-refractivity contribution in [3.63, 3.8) is 0 Å². The summed E-state index contributed by atoms with van der Waals surface area (Å²) in [6.45, 7) is 0. The molecule has 0 unspecified atom stereocenters. The molecule has 2 nitrogen and oxygen atoms in total. The molecular formula is C60H37NOS. The minimum atomic E-state index is 0.851. The summed E-state index contributed by atoms with van der Waals surface area (Å²) in [5.74, 6) is 0. The van der Waals surface area contributed by atoms with Crippen molar-refractivity contribution >= 4 is 124 Å². The molecule has 0 atom stereocenters. The number of anilines is 3. The Balaban J connectivity index is 1.26. The summed E-state index contributed by atoms with van der Waals surface area (Å²) in [6.07, 6.45) is 0. The minimum Gasteiger partial charge on any atom is -0.454 e. The second-order valence-corrected chi connectivity index (χ2v) is 17.4. The van der Waals surface area contributed by atoms with E-state index in [1.807, 2.05) is 17.4 Å². The van der Waals surface area contributed by atoms with Crippen LogP contribution in [0.4, 0.5) is 17.1 Å². The van der Waals surface area contributed by atoms with Crippen LogP contribution in [0.15, 0.2) is 229 Å². The number of fused-ring (bicyclic) bond motifs is 17. The number of para-hydroxylation sites is 3. The van der Waals surface area contributed by atoms with Crippen LogP contribution in [0.5, 0.6) is 0 Å². The molecule has 2 heterocycles. The van der Waals surface area contributed by atoms with Gasteiger partial charge in [-0.25, -0.2) is 0 Å². The number of rotatable bonds is 4. The summed E-state index contributed by atoms with van der Waals surface area (Å²) in [5, 5.41) is 16.9. The van der Waals surface area contributed by atoms with Crippen LogP contribution in [-0.4, -0.2) is 0 Å². The van der Waals surface area contributed by atoms with Crippen LogP contribution in [0.3, 0.4) is 0 Å². The van der Waals surface area contributed by atoms with E-state index >= 15 is 0 Å². The van der Waals surface area contributed by atoms with Gasteiger partial charge in [-0.3, -0.25) is 0 Å². The van der Waals surface area contributed by atoms with Crippen molar-refractivity contribution in [3.05, 3.63) is 224 Å². The van der Waals surface area contributed by atoms with Gasteiger partial charge in [0.2, 0.25) is 0 Å². The second kappa shape index (κ2) is 14.3. The van der Waals surface area contributed by atoms with Crippen molar-refractivity contribution in [2.24, 2.45) is 0 Å². The molecule has 0 aliphatic rings. The quantitative estimate of drug-likeness (QED) is 0.176. The summed E-state index contributed by atoms with van der Waals surface area (Å²) >= 11 is 1.87. The van der Waals surface area contributed by atoms with E-state index in [0.717, 1.165) is 50.1 Å². The zero-order valence-corrected chi connectivity index (χ0v) is 34.9. The van der Waals surface area contributed by atoms with Crippen LogP contribution in [0, 0.1) is 0 Å². The maximum absolute atomic E-state index is 6.85. The molecule has 13 aromatic rings. The van der Waals surface area contributed by atoms with Crippen LogP contribution in [-0.2, 0) is 0 Å². The van der Waals surface area contributed by atoms with Gasteiger partial charge in [-0.05, 0) is 102 Å². The summed E-state index contributed by atoms with van der Waals surface area (Å²) in [4.78, 5) is 2.42. The van der Waals surface area contributed by atoms with E-state index in [1.54, 1.807) is 0 Å². The molecule has 0 N–H and O–H groups in total. The van der Waals surface area contributed by atoms with Gasteiger partial charge in [0.1, 0.15) is 5.58 Å². The van der Waals surface area contributed by atoms with E-state index in [1.165, 1.54) is 74.0 Å². The molecule has 0 saturated heterocycles. The third-order valence-corrected chi connectivity index (χ3v) is 14.0. The summed E-state index contributed by atoms with van der Waals surface area (Å²) in [7, 11) is 0. The third kappa shape index (κ3) is 5.57. The van der Waals surface area contributed by atoms with E-state index in [2.05, 4.69) is 223 Å². The summed E-state index contributed by atoms with van der Waals surface area (Å²) in [6, 6.07) is 82.0. The van der Waals surface area contributed by atoms with Gasteiger partial charge in [-0.2, -0.15) is 0 Å². The molecule has 0 aliphatic carbocycles. The fraction of sp³-hybridized carbons (Fsp3) is 0. The van der Waals surface area contributed by atoms with Crippen molar-refractivity contribution in [2.75, 3.05) is 4.90 Å². The van der Waals surface area contributed by atoms with E-state index < -0.39 is 0 Å². The van der Waals surface area contributed by atoms with Gasteiger partial charge in [0.05, 0.1) is 11.4 Å². The van der Waals surface area contributed by atoms with E-state index in [-0.39, 0.29) is 0 Å². The van der Waals surface area contributed by atoms with Gasteiger partial charge in [0, 0.05) is 42.2 Å². The lowest BCUT2D eigenvalue weighted by Crippen LogP contribution is -2.11. The highest BCUT2D eigenvalue weighted by Gasteiger charge is 2.23. The monoisotopic (exact) mass is 819 g/mol. The van der Waals surface area contributed by atoms with Crippen LogP contribution < -0.4 is 4.90 Å². The molecule has 2 aromatic heterocycles. The molecule has 0 fully saturated rings. The Hall–Kier alpha value is -7.98. The number of benzene rings is 10. The number of furan rings is 1. The summed E-state index contributed by atoms with van der Waals surface area (Å²) in [5.41, 5.74) is 7.09. The predicted molar refractivity (Wildman–Crippen MR) is 272 cm³/mol. The molecule has 11 aromatic carbocycles. The molecule has 0 saturated carbocycles. The van der Waals surface area contributed by atoms with Gasteiger partial charge in [-0.1, -0.05) is 182 Å². The Morgan fingerprint density at radius 2 is 0.841 bits per heavy atom. The van der Waals surface area contributed by atoms with Gasteiger partial charge < -0.3 is 9.32 Å². The normalized spacial score (nSPS) is 11.8. The first-order valence-electron chi connectivity index (χ1n) is 21.5. The molecular weight excluding hydrogens is 783 g/mol. The standard InChI is InChI=1S/C60H37NOS/c1-2-17-38(18-3-1)40-19-10-13-29-53(40)61(54-30-16-28-50-47-25-11-14-31-55(47)62-60(50)54)39-33-34-46-44-23-7-5-21-42(44)41-20-4-6-22-43(41)45-24-8-9-26-48(45)58-49(52(46)37-39)35-36-57-59(58)51-27-12-15-32-56(51)63-57/h1-37H. The maximum Gasteiger partial charge on any atom is 0.159 e. The van der Waals surface area contributed by atoms with Crippen LogP contribution in [0.1, 0.15) is 0 Å². The first-order valence-corrected chi connectivity index (χ1v) is 22.3. The molecule has 63 heavy (non-hydrogen) atoms. The molecule has 3 heteroatoms. The number of hydrogen-bond donors (Lipinski definition) is 0. The van der Waals surface area contributed by atoms with Crippen molar-refractivity contribution in [2.45, 2.75) is 0 Å². The molecule has 0 spiro atoms. The average molecular weight is 820 g/mol. The number of thiophene rings is 1. The van der Waals surface area contributed by atoms with Gasteiger partial charge in [-0.15, -0.1) is 11.3 Å². The molecule has 294 valence electrons. The third-order valence-electron chi connectivity index (χ3n) is 12.9. The first kappa shape index (κ1) is 35.7. The predicted octanol–water partition coefficient (Wildman–Crippen LogP) is 18.0. The van der Waals surface area contributed by atoms with Gasteiger partial charge >= 0.3 is 0 Å². The zero-order chi connectivity index (χ0) is 41.4. The SMILES string of the molecule is c1ccc(-c2ccccc2N(c2ccc3c4ccccc4c4ccccc4c4ccccc4c4c(ccc5sc6ccccc6c54)c3c2)c2cccc3c2oc2ccccc23)cc1. The Morgan fingerprint density at radius 3 is 1.59 bits per heavy atom. The molecule has 0 radical (unpaired) electrons. The fourth-order valence-corrected chi connectivity index (χ4v) is 11.3. The summed E-state index contributed by atoms with van der Waals surface area (Å²) < 4.78 is 9.42. The first-order chi connectivity index (χ1) is 31.3. The van der Waals surface area contributed by atoms with E-state index in [9.17, 15) is 0 Å². The van der Waals surface area contributed by atoms with Crippen molar-refractivity contribution in [1.82, 2.24) is 0 Å². The Morgan fingerprint density at radius 1 is 0.317 bits per heavy atom. The van der Waals surface area contributed by atoms with Gasteiger partial charge in [0.25, 0.3) is 0 Å². The molecule has 13 rings (SSSR count). The van der Waals surface area contributed by atoms with Crippen molar-refractivity contribution in [1.29, 1.82) is 0 Å². The Bertz CT molecular complexity index is 4050. The smallest absolute Gasteiger partial charge is 0.159 e. The minimum absolute atomic E-state index is 0.851. The topological polar surface area (TPSA) is 16.4 Å². The highest BCUT2D eigenvalue weighted by atomic mass is 32.1. The highest BCUT2D eigenvalue weighted by Crippen LogP contribution is 2.48. The lowest BCUT2D eigenvalue weighted by atomic mass is 9.92. The second-order valence-electron chi connectivity index (χ2n) is 16.3. The van der Waals surface area contributed by atoms with Crippen molar-refractivity contribution < 1.29 is 4.42 Å². The maximum atomic E-state index is 6.85. The zero-order valence-electron chi connectivity index (χ0n) is 34.1. The molecule has 0 aliphatic heterocycles. The highest BCUT2D eigenvalue weighted by molar-refractivity contribution is 7.26. The largest absolute Gasteiger partial charge is 0.454 e.